The van der Waals surface area contributed by atoms with Gasteiger partial charge in [-0.1, -0.05) is 42.0 Å². The molecule has 1 atom stereocenters. The number of hydrogen-bond donors (Lipinski definition) is 1. The zero-order valence-electron chi connectivity index (χ0n) is 17.8. The predicted molar refractivity (Wildman–Crippen MR) is 127 cm³/mol. The van der Waals surface area contributed by atoms with Crippen molar-refractivity contribution in [2.24, 2.45) is 5.92 Å². The summed E-state index contributed by atoms with van der Waals surface area (Å²) in [7, 11) is 0. The molecule has 9 heteroatoms. The van der Waals surface area contributed by atoms with Gasteiger partial charge in [0.15, 0.2) is 11.0 Å². The molecule has 3 aromatic heterocycles. The number of carbonyl (C=O) groups excluding carboxylic acids is 1. The van der Waals surface area contributed by atoms with E-state index in [1.54, 1.807) is 28.9 Å². The minimum atomic E-state index is -0.239. The molecule has 0 fully saturated rings. The lowest BCUT2D eigenvalue weighted by molar-refractivity contribution is -0.113. The molecule has 0 spiro atoms. The molecule has 0 radical (unpaired) electrons. The van der Waals surface area contributed by atoms with Gasteiger partial charge >= 0.3 is 0 Å². The SMILES string of the molecule is Cc1cc(NC(=O)CSc2nc3sc4c(c3c(=O)n2-c2ccccc2)CCC(C)C4)no1. The number of carbonyl (C=O) groups is 1. The standard InChI is InChI=1S/C23H22N4O3S2/c1-13-8-9-16-17(10-13)32-21-20(16)22(29)27(15-6-4-3-5-7-15)23(25-21)31-12-19(28)24-18-11-14(2)30-26-18/h3-7,11,13H,8-10,12H2,1-2H3,(H,24,26,28). The fourth-order valence-corrected chi connectivity index (χ4v) is 6.24. The van der Waals surface area contributed by atoms with Crippen LogP contribution in [0.25, 0.3) is 15.9 Å². The Morgan fingerprint density at radius 2 is 2.16 bits per heavy atom. The summed E-state index contributed by atoms with van der Waals surface area (Å²) >= 11 is 2.85. The van der Waals surface area contributed by atoms with Crippen LogP contribution in [0.1, 0.15) is 29.5 Å². The van der Waals surface area contributed by atoms with Gasteiger partial charge in [0.2, 0.25) is 5.91 Å². The summed E-state index contributed by atoms with van der Waals surface area (Å²) in [4.78, 5) is 33.0. The lowest BCUT2D eigenvalue weighted by Crippen LogP contribution is -2.23. The summed E-state index contributed by atoms with van der Waals surface area (Å²) in [5.41, 5.74) is 1.83. The maximum atomic E-state index is 13.7. The van der Waals surface area contributed by atoms with E-state index in [-0.39, 0.29) is 17.2 Å². The molecular formula is C23H22N4O3S2. The Kier molecular flexibility index (Phi) is 5.60. The summed E-state index contributed by atoms with van der Waals surface area (Å²) in [5.74, 6) is 1.46. The molecule has 1 unspecified atom stereocenters. The summed E-state index contributed by atoms with van der Waals surface area (Å²) in [5, 5.41) is 7.74. The van der Waals surface area contributed by atoms with Gasteiger partial charge in [0.25, 0.3) is 5.56 Å². The zero-order chi connectivity index (χ0) is 22.2. The van der Waals surface area contributed by atoms with Gasteiger partial charge in [-0.15, -0.1) is 11.3 Å². The monoisotopic (exact) mass is 466 g/mol. The molecule has 1 aromatic carbocycles. The highest BCUT2D eigenvalue weighted by molar-refractivity contribution is 7.99. The topological polar surface area (TPSA) is 90.0 Å². The zero-order valence-corrected chi connectivity index (χ0v) is 19.4. The van der Waals surface area contributed by atoms with Crippen LogP contribution < -0.4 is 10.9 Å². The van der Waals surface area contributed by atoms with Crippen LogP contribution in [0.2, 0.25) is 0 Å². The number of thiophene rings is 1. The Morgan fingerprint density at radius 1 is 1.34 bits per heavy atom. The highest BCUT2D eigenvalue weighted by Crippen LogP contribution is 2.37. The molecule has 3 heterocycles. The van der Waals surface area contributed by atoms with E-state index >= 15 is 0 Å². The van der Waals surface area contributed by atoms with Crippen molar-refractivity contribution in [2.75, 3.05) is 11.1 Å². The van der Waals surface area contributed by atoms with Crippen molar-refractivity contribution in [1.82, 2.24) is 14.7 Å². The van der Waals surface area contributed by atoms with Gasteiger partial charge in [0.1, 0.15) is 10.6 Å². The van der Waals surface area contributed by atoms with Crippen molar-refractivity contribution in [3.05, 3.63) is 63.0 Å². The van der Waals surface area contributed by atoms with E-state index in [0.29, 0.717) is 22.7 Å². The quantitative estimate of drug-likeness (QED) is 0.342. The Balaban J connectivity index is 1.53. The number of anilines is 1. The highest BCUT2D eigenvalue weighted by Gasteiger charge is 2.25. The van der Waals surface area contributed by atoms with Crippen molar-refractivity contribution in [2.45, 2.75) is 38.3 Å². The first-order chi connectivity index (χ1) is 15.5. The summed E-state index contributed by atoms with van der Waals surface area (Å²) in [6.07, 6.45) is 2.99. The Bertz CT molecular complexity index is 1360. The van der Waals surface area contributed by atoms with E-state index in [0.717, 1.165) is 40.7 Å². The van der Waals surface area contributed by atoms with Crippen molar-refractivity contribution < 1.29 is 9.32 Å². The van der Waals surface area contributed by atoms with E-state index in [1.807, 2.05) is 30.3 Å². The highest BCUT2D eigenvalue weighted by atomic mass is 32.2. The first kappa shape index (κ1) is 21.0. The minimum Gasteiger partial charge on any atom is -0.360 e. The third-order valence-electron chi connectivity index (χ3n) is 5.54. The van der Waals surface area contributed by atoms with E-state index < -0.39 is 0 Å². The lowest BCUT2D eigenvalue weighted by Gasteiger charge is -2.17. The van der Waals surface area contributed by atoms with Gasteiger partial charge < -0.3 is 9.84 Å². The molecule has 0 bridgehead atoms. The number of nitrogens with one attached hydrogen (secondary N) is 1. The number of hydrogen-bond acceptors (Lipinski definition) is 7. The molecule has 4 aromatic rings. The largest absolute Gasteiger partial charge is 0.360 e. The van der Waals surface area contributed by atoms with E-state index in [1.165, 1.54) is 16.6 Å². The Hall–Kier alpha value is -2.91. The number of rotatable bonds is 5. The fraction of sp³-hybridized carbons (Fsp3) is 0.304. The van der Waals surface area contributed by atoms with Gasteiger partial charge in [-0.3, -0.25) is 14.2 Å². The van der Waals surface area contributed by atoms with Crippen molar-refractivity contribution in [3.8, 4) is 5.69 Å². The van der Waals surface area contributed by atoms with Crippen LogP contribution in [0.5, 0.6) is 0 Å². The number of para-hydroxylation sites is 1. The van der Waals surface area contributed by atoms with Crippen molar-refractivity contribution >= 4 is 45.0 Å². The molecule has 1 aliphatic rings. The van der Waals surface area contributed by atoms with Crippen molar-refractivity contribution in [3.63, 3.8) is 0 Å². The van der Waals surface area contributed by atoms with Gasteiger partial charge in [0, 0.05) is 10.9 Å². The number of thioether (sulfide) groups is 1. The van der Waals surface area contributed by atoms with Gasteiger partial charge in [-0.05, 0) is 49.8 Å². The Labute approximate surface area is 192 Å². The third-order valence-corrected chi connectivity index (χ3v) is 7.63. The molecule has 5 rings (SSSR count). The lowest BCUT2D eigenvalue weighted by atomic mass is 9.89. The molecule has 1 aliphatic carbocycles. The predicted octanol–water partition coefficient (Wildman–Crippen LogP) is 4.60. The van der Waals surface area contributed by atoms with E-state index in [9.17, 15) is 9.59 Å². The molecule has 1 amide bonds. The first-order valence-corrected chi connectivity index (χ1v) is 12.3. The molecule has 164 valence electrons. The molecule has 0 saturated carbocycles. The van der Waals surface area contributed by atoms with Crippen LogP contribution in [0.4, 0.5) is 5.82 Å². The first-order valence-electron chi connectivity index (χ1n) is 10.5. The van der Waals surface area contributed by atoms with Crippen LogP contribution in [0.15, 0.2) is 50.9 Å². The summed E-state index contributed by atoms with van der Waals surface area (Å²) in [6.45, 7) is 4.01. The van der Waals surface area contributed by atoms with Crippen LogP contribution in [-0.2, 0) is 17.6 Å². The second-order valence-electron chi connectivity index (χ2n) is 8.06. The van der Waals surface area contributed by atoms with Crippen molar-refractivity contribution in [1.29, 1.82) is 0 Å². The number of aryl methyl sites for hydroxylation is 2. The normalized spacial score (nSPS) is 15.6. The number of fused-ring (bicyclic) bond motifs is 3. The number of aromatic nitrogens is 3. The fourth-order valence-electron chi connectivity index (χ4n) is 4.01. The second kappa shape index (κ2) is 8.55. The number of nitrogens with zero attached hydrogens (tertiary/aromatic N) is 3. The third kappa shape index (κ3) is 3.98. The molecule has 0 saturated heterocycles. The van der Waals surface area contributed by atoms with E-state index in [4.69, 9.17) is 9.51 Å². The van der Waals surface area contributed by atoms with Crippen LogP contribution in [-0.4, -0.2) is 26.4 Å². The minimum absolute atomic E-state index is 0.0664. The molecule has 32 heavy (non-hydrogen) atoms. The smallest absolute Gasteiger partial charge is 0.267 e. The van der Waals surface area contributed by atoms with Crippen LogP contribution in [0, 0.1) is 12.8 Å². The van der Waals surface area contributed by atoms with E-state index in [2.05, 4.69) is 17.4 Å². The average molecular weight is 467 g/mol. The molecule has 7 nitrogen and oxygen atoms in total. The van der Waals surface area contributed by atoms with Gasteiger partial charge in [-0.2, -0.15) is 0 Å². The molecule has 0 aliphatic heterocycles. The summed E-state index contributed by atoms with van der Waals surface area (Å²) < 4.78 is 6.62. The van der Waals surface area contributed by atoms with Gasteiger partial charge in [0.05, 0.1) is 16.8 Å². The maximum absolute atomic E-state index is 13.7. The molecule has 1 N–H and O–H groups in total. The molecular weight excluding hydrogens is 444 g/mol. The number of amides is 1. The number of benzene rings is 1. The van der Waals surface area contributed by atoms with Crippen LogP contribution >= 0.6 is 23.1 Å². The second-order valence-corrected chi connectivity index (χ2v) is 10.1. The van der Waals surface area contributed by atoms with Gasteiger partial charge in [-0.25, -0.2) is 4.98 Å². The summed E-state index contributed by atoms with van der Waals surface area (Å²) in [6, 6.07) is 11.1. The van der Waals surface area contributed by atoms with Crippen LogP contribution in [0.3, 0.4) is 0 Å². The maximum Gasteiger partial charge on any atom is 0.267 e. The average Bonchev–Trinajstić information content (AvgIpc) is 3.35. The Morgan fingerprint density at radius 3 is 2.91 bits per heavy atom.